The number of ether oxygens (including phenoxy) is 1. The molecule has 7 heteroatoms. The van der Waals surface area contributed by atoms with Crippen LogP contribution in [0.25, 0.3) is 16.1 Å². The Morgan fingerprint density at radius 2 is 2.11 bits per heavy atom. The van der Waals surface area contributed by atoms with Gasteiger partial charge in [-0.15, -0.1) is 10.2 Å². The molecule has 0 aliphatic heterocycles. The second-order valence-electron chi connectivity index (χ2n) is 3.45. The van der Waals surface area contributed by atoms with Crippen LogP contribution >= 0.6 is 11.3 Å². The molecule has 0 saturated carbocycles. The van der Waals surface area contributed by atoms with Gasteiger partial charge in [0.25, 0.3) is 0 Å². The van der Waals surface area contributed by atoms with Gasteiger partial charge in [0.15, 0.2) is 0 Å². The zero-order valence-corrected chi connectivity index (χ0v) is 10.9. The average molecular weight is 274 g/mol. The Bertz CT molecular complexity index is 632. The SMILES string of the molecule is CCOC(=O)C(=[N+]=[N-])c1nnc(-c2ccccc2)s1. The first-order valence-corrected chi connectivity index (χ1v) is 6.36. The fourth-order valence-corrected chi connectivity index (χ4v) is 2.21. The minimum absolute atomic E-state index is 0.197. The van der Waals surface area contributed by atoms with E-state index in [0.717, 1.165) is 16.9 Å². The lowest BCUT2D eigenvalue weighted by Crippen LogP contribution is -2.19. The molecule has 0 fully saturated rings. The molecule has 0 aliphatic carbocycles. The number of benzene rings is 1. The van der Waals surface area contributed by atoms with Crippen molar-refractivity contribution >= 4 is 23.0 Å². The van der Waals surface area contributed by atoms with E-state index in [9.17, 15) is 4.79 Å². The predicted octanol–water partition coefficient (Wildman–Crippen LogP) is 1.79. The van der Waals surface area contributed by atoms with Crippen molar-refractivity contribution in [3.05, 3.63) is 40.9 Å². The van der Waals surface area contributed by atoms with Gasteiger partial charge in [0, 0.05) is 5.56 Å². The molecule has 0 atom stereocenters. The van der Waals surface area contributed by atoms with E-state index in [-0.39, 0.29) is 17.3 Å². The maximum atomic E-state index is 11.5. The van der Waals surface area contributed by atoms with Gasteiger partial charge in [-0.1, -0.05) is 41.7 Å². The molecule has 2 aromatic rings. The Labute approximate surface area is 113 Å². The van der Waals surface area contributed by atoms with Crippen LogP contribution < -0.4 is 0 Å². The van der Waals surface area contributed by atoms with E-state index in [2.05, 4.69) is 15.0 Å². The number of carbonyl (C=O) groups excluding carboxylic acids is 1. The van der Waals surface area contributed by atoms with E-state index in [1.54, 1.807) is 6.92 Å². The molecule has 0 unspecified atom stereocenters. The number of hydrogen-bond donors (Lipinski definition) is 0. The first-order chi connectivity index (χ1) is 9.26. The molecule has 0 saturated heterocycles. The summed E-state index contributed by atoms with van der Waals surface area (Å²) in [5.74, 6) is -0.722. The maximum absolute atomic E-state index is 11.5. The van der Waals surface area contributed by atoms with Crippen molar-refractivity contribution in [2.45, 2.75) is 6.92 Å². The molecule has 1 heterocycles. The van der Waals surface area contributed by atoms with Crippen molar-refractivity contribution in [3.63, 3.8) is 0 Å². The highest BCUT2D eigenvalue weighted by atomic mass is 32.1. The van der Waals surface area contributed by atoms with Crippen LogP contribution in [0.2, 0.25) is 0 Å². The predicted molar refractivity (Wildman–Crippen MR) is 69.7 cm³/mol. The zero-order valence-electron chi connectivity index (χ0n) is 10.1. The molecule has 0 spiro atoms. The highest BCUT2D eigenvalue weighted by Crippen LogP contribution is 2.23. The Morgan fingerprint density at radius 3 is 2.74 bits per heavy atom. The lowest BCUT2D eigenvalue weighted by molar-refractivity contribution is -0.139. The van der Waals surface area contributed by atoms with Gasteiger partial charge in [-0.2, -0.15) is 4.79 Å². The molecule has 0 radical (unpaired) electrons. The van der Waals surface area contributed by atoms with Gasteiger partial charge >= 0.3 is 11.7 Å². The summed E-state index contributed by atoms with van der Waals surface area (Å²) in [4.78, 5) is 14.5. The summed E-state index contributed by atoms with van der Waals surface area (Å²) in [6.45, 7) is 1.87. The summed E-state index contributed by atoms with van der Waals surface area (Å²) in [6.07, 6.45) is 0. The molecule has 96 valence electrons. The van der Waals surface area contributed by atoms with Crippen LogP contribution in [0.15, 0.2) is 30.3 Å². The minimum Gasteiger partial charge on any atom is -0.457 e. The molecule has 6 nitrogen and oxygen atoms in total. The van der Waals surface area contributed by atoms with Crippen LogP contribution in [0.5, 0.6) is 0 Å². The van der Waals surface area contributed by atoms with Gasteiger partial charge in [-0.25, -0.2) is 4.79 Å². The smallest absolute Gasteiger partial charge is 0.436 e. The number of hydrogen-bond acceptors (Lipinski definition) is 5. The normalized spacial score (nSPS) is 9.74. The van der Waals surface area contributed by atoms with Gasteiger partial charge in [-0.05, 0) is 6.92 Å². The molecular formula is C12H10N4O2S. The van der Waals surface area contributed by atoms with Crippen molar-refractivity contribution < 1.29 is 14.3 Å². The van der Waals surface area contributed by atoms with E-state index in [4.69, 9.17) is 10.3 Å². The van der Waals surface area contributed by atoms with Crippen molar-refractivity contribution in [1.29, 1.82) is 0 Å². The van der Waals surface area contributed by atoms with Crippen molar-refractivity contribution in [2.75, 3.05) is 6.61 Å². The number of esters is 1. The van der Waals surface area contributed by atoms with Crippen LogP contribution in [0.4, 0.5) is 0 Å². The fraction of sp³-hybridized carbons (Fsp3) is 0.167. The molecule has 2 rings (SSSR count). The molecule has 19 heavy (non-hydrogen) atoms. The van der Waals surface area contributed by atoms with Crippen molar-refractivity contribution in [2.24, 2.45) is 0 Å². The summed E-state index contributed by atoms with van der Waals surface area (Å²) < 4.78 is 4.77. The minimum atomic E-state index is -0.722. The van der Waals surface area contributed by atoms with Gasteiger partial charge in [0.1, 0.15) is 5.01 Å². The Morgan fingerprint density at radius 1 is 1.37 bits per heavy atom. The highest BCUT2D eigenvalue weighted by Gasteiger charge is 2.29. The average Bonchev–Trinajstić information content (AvgIpc) is 2.90. The number of aromatic nitrogens is 2. The first-order valence-electron chi connectivity index (χ1n) is 5.54. The highest BCUT2D eigenvalue weighted by molar-refractivity contribution is 7.17. The summed E-state index contributed by atoms with van der Waals surface area (Å²) in [5.41, 5.74) is 9.53. The second kappa shape index (κ2) is 5.99. The second-order valence-corrected chi connectivity index (χ2v) is 4.42. The van der Waals surface area contributed by atoms with E-state index in [0.29, 0.717) is 5.01 Å². The van der Waals surface area contributed by atoms with Gasteiger partial charge in [0.05, 0.1) is 6.61 Å². The third-order valence-electron chi connectivity index (χ3n) is 2.22. The van der Waals surface area contributed by atoms with Crippen molar-refractivity contribution in [1.82, 2.24) is 10.2 Å². The molecule has 1 aromatic heterocycles. The monoisotopic (exact) mass is 274 g/mol. The number of rotatable bonds is 4. The van der Waals surface area contributed by atoms with Crippen LogP contribution in [-0.2, 0) is 9.53 Å². The van der Waals surface area contributed by atoms with Crippen LogP contribution in [0.1, 0.15) is 11.9 Å². The van der Waals surface area contributed by atoms with E-state index in [1.807, 2.05) is 30.3 Å². The third-order valence-corrected chi connectivity index (χ3v) is 3.20. The summed E-state index contributed by atoms with van der Waals surface area (Å²) in [7, 11) is 0. The zero-order chi connectivity index (χ0) is 13.7. The topological polar surface area (TPSA) is 88.5 Å². The first kappa shape index (κ1) is 13.1. The third kappa shape index (κ3) is 2.90. The number of carbonyl (C=O) groups is 1. The molecule has 0 aliphatic rings. The summed E-state index contributed by atoms with van der Waals surface area (Å²) in [6, 6.07) is 9.41. The van der Waals surface area contributed by atoms with E-state index >= 15 is 0 Å². The van der Waals surface area contributed by atoms with E-state index < -0.39 is 5.97 Å². The molecule has 0 bridgehead atoms. The van der Waals surface area contributed by atoms with Crippen LogP contribution in [0, 0.1) is 0 Å². The van der Waals surface area contributed by atoms with Crippen LogP contribution in [-0.4, -0.2) is 33.3 Å². The summed E-state index contributed by atoms with van der Waals surface area (Å²) >= 11 is 1.16. The molecule has 0 N–H and O–H groups in total. The lowest BCUT2D eigenvalue weighted by atomic mass is 10.2. The standard InChI is InChI=1S/C12H10N4O2S/c1-2-18-12(17)9(14-13)11-16-15-10(19-11)8-6-4-3-5-7-8/h3-7H,2H2,1H3. The van der Waals surface area contributed by atoms with Gasteiger partial charge in [-0.3, -0.25) is 0 Å². The molecule has 0 amide bonds. The summed E-state index contributed by atoms with van der Waals surface area (Å²) in [5, 5.41) is 8.67. The Kier molecular flexibility index (Phi) is 4.12. The number of nitrogens with zero attached hydrogens (tertiary/aromatic N) is 4. The van der Waals surface area contributed by atoms with E-state index in [1.165, 1.54) is 0 Å². The van der Waals surface area contributed by atoms with Crippen LogP contribution in [0.3, 0.4) is 0 Å². The lowest BCUT2D eigenvalue weighted by Gasteiger charge is -1.93. The molecular weight excluding hydrogens is 264 g/mol. The maximum Gasteiger partial charge on any atom is 0.436 e. The Hall–Kier alpha value is -2.37. The molecule has 1 aromatic carbocycles. The van der Waals surface area contributed by atoms with Gasteiger partial charge < -0.3 is 10.3 Å². The fourth-order valence-electron chi connectivity index (χ4n) is 1.39. The quantitative estimate of drug-likeness (QED) is 0.368. The van der Waals surface area contributed by atoms with Crippen molar-refractivity contribution in [3.8, 4) is 10.6 Å². The largest absolute Gasteiger partial charge is 0.457 e. The van der Waals surface area contributed by atoms with Gasteiger partial charge in [0.2, 0.25) is 5.01 Å². The Balaban J connectivity index is 2.31.